The van der Waals surface area contributed by atoms with Crippen molar-refractivity contribution < 1.29 is 28.6 Å². The number of allylic oxidation sites excluding steroid dienone is 2. The summed E-state index contributed by atoms with van der Waals surface area (Å²) in [5.41, 5.74) is 0. The summed E-state index contributed by atoms with van der Waals surface area (Å²) in [6.07, 6.45) is 76.8. The van der Waals surface area contributed by atoms with Gasteiger partial charge in [-0.25, -0.2) is 0 Å². The van der Waals surface area contributed by atoms with Crippen molar-refractivity contribution in [1.82, 2.24) is 0 Å². The van der Waals surface area contributed by atoms with Gasteiger partial charge in [-0.2, -0.15) is 0 Å². The van der Waals surface area contributed by atoms with Crippen LogP contribution in [-0.4, -0.2) is 37.2 Å². The highest BCUT2D eigenvalue weighted by molar-refractivity contribution is 5.71. The number of carbonyl (C=O) groups excluding carboxylic acids is 3. The van der Waals surface area contributed by atoms with E-state index in [2.05, 4.69) is 32.9 Å². The van der Waals surface area contributed by atoms with Gasteiger partial charge < -0.3 is 14.2 Å². The van der Waals surface area contributed by atoms with Crippen molar-refractivity contribution in [3.05, 3.63) is 12.2 Å². The minimum Gasteiger partial charge on any atom is -0.462 e. The van der Waals surface area contributed by atoms with Crippen molar-refractivity contribution in [3.8, 4) is 0 Å². The molecule has 0 aromatic carbocycles. The topological polar surface area (TPSA) is 78.9 Å². The number of hydrogen-bond acceptors (Lipinski definition) is 6. The van der Waals surface area contributed by atoms with E-state index >= 15 is 0 Å². The second-order valence-electron chi connectivity index (χ2n) is 23.5. The SMILES string of the molecule is CCCCC/C=C\CCCCCCCC(=O)OCC(COC(=O)CCCCCCCCCCCCCCCCCCCCCCCCCCCCCCCCC)OC(=O)CCCCCCCCCCCCCCCC. The van der Waals surface area contributed by atoms with Crippen LogP contribution in [0.4, 0.5) is 0 Å². The van der Waals surface area contributed by atoms with Gasteiger partial charge in [0.2, 0.25) is 0 Å². The molecule has 0 N–H and O–H groups in total. The average molecular weight is 1060 g/mol. The minimum atomic E-state index is -0.768. The molecule has 0 aromatic rings. The maximum absolute atomic E-state index is 12.9. The molecule has 0 saturated carbocycles. The van der Waals surface area contributed by atoms with Crippen LogP contribution >= 0.6 is 0 Å². The third kappa shape index (κ3) is 62.9. The molecule has 6 heteroatoms. The fraction of sp³-hybridized carbons (Fsp3) is 0.928. The van der Waals surface area contributed by atoms with Crippen LogP contribution in [-0.2, 0) is 28.6 Å². The molecule has 1 atom stereocenters. The molecule has 0 heterocycles. The highest BCUT2D eigenvalue weighted by atomic mass is 16.6. The summed E-state index contributed by atoms with van der Waals surface area (Å²) in [5.74, 6) is -0.847. The summed E-state index contributed by atoms with van der Waals surface area (Å²) in [6, 6.07) is 0. The van der Waals surface area contributed by atoms with Crippen molar-refractivity contribution in [2.75, 3.05) is 13.2 Å². The van der Waals surface area contributed by atoms with Crippen molar-refractivity contribution >= 4 is 17.9 Å². The van der Waals surface area contributed by atoms with Crippen LogP contribution in [0.25, 0.3) is 0 Å². The predicted molar refractivity (Wildman–Crippen MR) is 326 cm³/mol. The fourth-order valence-electron chi connectivity index (χ4n) is 10.6. The lowest BCUT2D eigenvalue weighted by Crippen LogP contribution is -2.30. The lowest BCUT2D eigenvalue weighted by atomic mass is 10.0. The van der Waals surface area contributed by atoms with Gasteiger partial charge >= 0.3 is 17.9 Å². The van der Waals surface area contributed by atoms with E-state index < -0.39 is 6.10 Å². The van der Waals surface area contributed by atoms with Crippen LogP contribution in [0, 0.1) is 0 Å². The molecule has 0 bridgehead atoms. The van der Waals surface area contributed by atoms with Gasteiger partial charge in [0, 0.05) is 19.3 Å². The third-order valence-corrected chi connectivity index (χ3v) is 15.8. The largest absolute Gasteiger partial charge is 0.462 e. The lowest BCUT2D eigenvalue weighted by molar-refractivity contribution is -0.167. The van der Waals surface area contributed by atoms with E-state index in [0.717, 1.165) is 64.2 Å². The zero-order chi connectivity index (χ0) is 54.3. The zero-order valence-electron chi connectivity index (χ0n) is 51.1. The monoisotopic (exact) mass is 1060 g/mol. The Morgan fingerprint density at radius 3 is 0.693 bits per heavy atom. The summed E-state index contributed by atoms with van der Waals surface area (Å²) in [4.78, 5) is 38.2. The quantitative estimate of drug-likeness (QED) is 0.0261. The summed E-state index contributed by atoms with van der Waals surface area (Å²) in [5, 5.41) is 0. The Kier molecular flexibility index (Phi) is 63.1. The lowest BCUT2D eigenvalue weighted by Gasteiger charge is -2.18. The summed E-state index contributed by atoms with van der Waals surface area (Å²) in [7, 11) is 0. The van der Waals surface area contributed by atoms with Gasteiger partial charge in [0.25, 0.3) is 0 Å². The van der Waals surface area contributed by atoms with E-state index in [0.29, 0.717) is 19.3 Å². The number of ether oxygens (including phenoxy) is 3. The van der Waals surface area contributed by atoms with E-state index in [1.54, 1.807) is 0 Å². The maximum atomic E-state index is 12.9. The molecule has 0 rings (SSSR count). The van der Waals surface area contributed by atoms with Crippen LogP contribution in [0.5, 0.6) is 0 Å². The van der Waals surface area contributed by atoms with Gasteiger partial charge in [-0.15, -0.1) is 0 Å². The zero-order valence-corrected chi connectivity index (χ0v) is 51.1. The molecular formula is C69H132O6. The average Bonchev–Trinajstić information content (AvgIpc) is 3.41. The normalized spacial score (nSPS) is 12.0. The Balaban J connectivity index is 4.05. The maximum Gasteiger partial charge on any atom is 0.306 e. The Labute approximate surface area is 469 Å². The first kappa shape index (κ1) is 73.2. The molecule has 0 spiro atoms. The number of esters is 3. The number of hydrogen-bond donors (Lipinski definition) is 0. The number of carbonyl (C=O) groups is 3. The first-order valence-corrected chi connectivity index (χ1v) is 34.2. The van der Waals surface area contributed by atoms with Crippen molar-refractivity contribution in [3.63, 3.8) is 0 Å². The molecule has 1 unspecified atom stereocenters. The van der Waals surface area contributed by atoms with Gasteiger partial charge in [-0.05, 0) is 44.9 Å². The van der Waals surface area contributed by atoms with Gasteiger partial charge in [0.15, 0.2) is 6.10 Å². The van der Waals surface area contributed by atoms with Crippen LogP contribution < -0.4 is 0 Å². The molecular weight excluding hydrogens is 925 g/mol. The van der Waals surface area contributed by atoms with E-state index in [4.69, 9.17) is 14.2 Å². The molecule has 0 aromatic heterocycles. The molecule has 0 aliphatic rings. The first-order valence-electron chi connectivity index (χ1n) is 34.2. The number of unbranched alkanes of at least 4 members (excludes halogenated alkanes) is 51. The second kappa shape index (κ2) is 64.7. The van der Waals surface area contributed by atoms with Crippen molar-refractivity contribution in [2.24, 2.45) is 0 Å². The van der Waals surface area contributed by atoms with Crippen LogP contribution in [0.3, 0.4) is 0 Å². The molecule has 0 aliphatic heterocycles. The van der Waals surface area contributed by atoms with Crippen molar-refractivity contribution in [2.45, 2.75) is 399 Å². The Bertz CT molecular complexity index is 1170. The summed E-state index contributed by atoms with van der Waals surface area (Å²) >= 11 is 0. The highest BCUT2D eigenvalue weighted by Crippen LogP contribution is 2.19. The Hall–Kier alpha value is -1.85. The van der Waals surface area contributed by atoms with Gasteiger partial charge in [-0.3, -0.25) is 14.4 Å². The predicted octanol–water partition coefficient (Wildman–Crippen LogP) is 23.2. The molecule has 0 fully saturated rings. The Morgan fingerprint density at radius 1 is 0.253 bits per heavy atom. The number of rotatable bonds is 64. The van der Waals surface area contributed by atoms with E-state index in [-0.39, 0.29) is 31.1 Å². The molecule has 0 amide bonds. The van der Waals surface area contributed by atoms with E-state index in [1.165, 1.54) is 289 Å². The summed E-state index contributed by atoms with van der Waals surface area (Å²) in [6.45, 7) is 6.68. The third-order valence-electron chi connectivity index (χ3n) is 15.8. The summed E-state index contributed by atoms with van der Waals surface area (Å²) < 4.78 is 16.9. The molecule has 0 aliphatic carbocycles. The van der Waals surface area contributed by atoms with E-state index in [1.807, 2.05) is 0 Å². The van der Waals surface area contributed by atoms with Crippen LogP contribution in [0.15, 0.2) is 12.2 Å². The fourth-order valence-corrected chi connectivity index (χ4v) is 10.6. The second-order valence-corrected chi connectivity index (χ2v) is 23.5. The van der Waals surface area contributed by atoms with Crippen LogP contribution in [0.1, 0.15) is 393 Å². The molecule has 0 radical (unpaired) electrons. The standard InChI is InChI=1S/C69H132O6/c1-4-7-10-13-16-19-22-25-27-28-29-30-31-32-33-34-35-36-37-38-39-40-41-42-43-45-47-50-53-56-59-62-68(71)74-65-66(64-73-67(70)61-58-55-52-49-46-24-21-18-15-12-9-6-3)75-69(72)63-60-57-54-51-48-44-26-23-20-17-14-11-8-5-2/h18,21,66H,4-17,19-20,22-65H2,1-3H3/b21-18-. The molecule has 0 saturated heterocycles. The van der Waals surface area contributed by atoms with Crippen LogP contribution in [0.2, 0.25) is 0 Å². The molecule has 444 valence electrons. The van der Waals surface area contributed by atoms with E-state index in [9.17, 15) is 14.4 Å². The first-order chi connectivity index (χ1) is 37.0. The van der Waals surface area contributed by atoms with Gasteiger partial charge in [0.1, 0.15) is 13.2 Å². The molecule has 6 nitrogen and oxygen atoms in total. The smallest absolute Gasteiger partial charge is 0.306 e. The minimum absolute atomic E-state index is 0.0662. The van der Waals surface area contributed by atoms with Crippen molar-refractivity contribution in [1.29, 1.82) is 0 Å². The highest BCUT2D eigenvalue weighted by Gasteiger charge is 2.19. The Morgan fingerprint density at radius 2 is 0.440 bits per heavy atom. The van der Waals surface area contributed by atoms with Gasteiger partial charge in [-0.1, -0.05) is 341 Å². The van der Waals surface area contributed by atoms with Gasteiger partial charge in [0.05, 0.1) is 0 Å². The molecule has 75 heavy (non-hydrogen) atoms.